The maximum atomic E-state index is 14.5. The second-order valence-corrected chi connectivity index (χ2v) is 7.08. The SMILES string of the molecule is Cc1ccc(-c2ccc(C(=O)NC3CCC(N)CC3)c(F)c2)cc1C.Cl. The van der Waals surface area contributed by atoms with E-state index in [-0.39, 0.29) is 36.0 Å². The van der Waals surface area contributed by atoms with Crippen LogP contribution in [0.4, 0.5) is 4.39 Å². The minimum atomic E-state index is -0.485. The van der Waals surface area contributed by atoms with Crippen molar-refractivity contribution in [3.8, 4) is 11.1 Å². The van der Waals surface area contributed by atoms with Gasteiger partial charge >= 0.3 is 0 Å². The van der Waals surface area contributed by atoms with E-state index in [0.717, 1.165) is 42.4 Å². The van der Waals surface area contributed by atoms with Crippen molar-refractivity contribution in [1.29, 1.82) is 0 Å². The number of carbonyl (C=O) groups excluding carboxylic acids is 1. The van der Waals surface area contributed by atoms with Gasteiger partial charge in [-0.3, -0.25) is 4.79 Å². The molecule has 1 fully saturated rings. The van der Waals surface area contributed by atoms with Crippen molar-refractivity contribution in [2.24, 2.45) is 5.73 Å². The normalized spacial score (nSPS) is 19.5. The molecule has 1 amide bonds. The highest BCUT2D eigenvalue weighted by Gasteiger charge is 2.22. The van der Waals surface area contributed by atoms with E-state index >= 15 is 0 Å². The standard InChI is InChI=1S/C21H25FN2O.ClH/c1-13-3-4-15(11-14(13)2)16-5-10-19(20(22)12-16)21(25)24-18-8-6-17(23)7-9-18;/h3-5,10-12,17-18H,6-9,23H2,1-2H3,(H,24,25);1H. The lowest BCUT2D eigenvalue weighted by molar-refractivity contribution is 0.0922. The third-order valence-corrected chi connectivity index (χ3v) is 5.16. The Morgan fingerprint density at radius 2 is 1.62 bits per heavy atom. The molecule has 0 spiro atoms. The average molecular weight is 377 g/mol. The van der Waals surface area contributed by atoms with E-state index in [4.69, 9.17) is 5.73 Å². The van der Waals surface area contributed by atoms with E-state index < -0.39 is 5.82 Å². The summed E-state index contributed by atoms with van der Waals surface area (Å²) in [5, 5.41) is 2.94. The van der Waals surface area contributed by atoms with Crippen LogP contribution >= 0.6 is 12.4 Å². The van der Waals surface area contributed by atoms with Gasteiger partial charge in [0.15, 0.2) is 0 Å². The number of carbonyl (C=O) groups is 1. The van der Waals surface area contributed by atoms with Gasteiger partial charge in [-0.15, -0.1) is 12.4 Å². The zero-order valence-electron chi connectivity index (χ0n) is 15.2. The number of benzene rings is 2. The summed E-state index contributed by atoms with van der Waals surface area (Å²) in [5.41, 5.74) is 10.1. The second kappa shape index (κ2) is 8.65. The molecule has 3 rings (SSSR count). The zero-order chi connectivity index (χ0) is 18.0. The number of rotatable bonds is 3. The van der Waals surface area contributed by atoms with Crippen LogP contribution in [0.15, 0.2) is 36.4 Å². The molecule has 0 atom stereocenters. The summed E-state index contributed by atoms with van der Waals surface area (Å²) in [6, 6.07) is 11.2. The number of aryl methyl sites for hydroxylation is 2. The van der Waals surface area contributed by atoms with Crippen molar-refractivity contribution >= 4 is 18.3 Å². The van der Waals surface area contributed by atoms with E-state index in [1.54, 1.807) is 12.1 Å². The first-order valence-corrected chi connectivity index (χ1v) is 8.87. The summed E-state index contributed by atoms with van der Waals surface area (Å²) in [5.74, 6) is -0.828. The van der Waals surface area contributed by atoms with Crippen molar-refractivity contribution < 1.29 is 9.18 Å². The number of nitrogens with two attached hydrogens (primary N) is 1. The fraction of sp³-hybridized carbons (Fsp3) is 0.381. The van der Waals surface area contributed by atoms with E-state index in [2.05, 4.69) is 5.32 Å². The first-order chi connectivity index (χ1) is 11.9. The number of amides is 1. The van der Waals surface area contributed by atoms with Crippen LogP contribution in [0.5, 0.6) is 0 Å². The molecule has 1 aliphatic carbocycles. The third-order valence-electron chi connectivity index (χ3n) is 5.16. The average Bonchev–Trinajstić information content (AvgIpc) is 2.59. The van der Waals surface area contributed by atoms with E-state index in [9.17, 15) is 9.18 Å². The molecule has 0 aromatic heterocycles. The summed E-state index contributed by atoms with van der Waals surface area (Å²) in [7, 11) is 0. The fourth-order valence-corrected chi connectivity index (χ4v) is 3.33. The molecule has 0 saturated heterocycles. The number of hydrogen-bond donors (Lipinski definition) is 2. The Balaban J connectivity index is 0.00000243. The summed E-state index contributed by atoms with van der Waals surface area (Å²) in [6.45, 7) is 4.08. The minimum absolute atomic E-state index is 0. The third kappa shape index (κ3) is 4.63. The van der Waals surface area contributed by atoms with Crippen LogP contribution in [0.25, 0.3) is 11.1 Å². The van der Waals surface area contributed by atoms with Crippen molar-refractivity contribution in [3.05, 3.63) is 58.9 Å². The molecule has 5 heteroatoms. The molecular formula is C21H26ClFN2O. The second-order valence-electron chi connectivity index (χ2n) is 7.08. The van der Waals surface area contributed by atoms with E-state index in [1.165, 1.54) is 11.6 Å². The van der Waals surface area contributed by atoms with Crippen molar-refractivity contribution in [3.63, 3.8) is 0 Å². The van der Waals surface area contributed by atoms with Crippen LogP contribution in [0.3, 0.4) is 0 Å². The molecule has 2 aromatic carbocycles. The number of hydrogen-bond acceptors (Lipinski definition) is 2. The molecule has 0 radical (unpaired) electrons. The molecule has 140 valence electrons. The molecule has 1 aliphatic rings. The first-order valence-electron chi connectivity index (χ1n) is 8.87. The maximum absolute atomic E-state index is 14.5. The summed E-state index contributed by atoms with van der Waals surface area (Å²) in [4.78, 5) is 12.4. The highest BCUT2D eigenvalue weighted by atomic mass is 35.5. The van der Waals surface area contributed by atoms with Crippen LogP contribution in [0.1, 0.15) is 47.2 Å². The topological polar surface area (TPSA) is 55.1 Å². The molecule has 1 saturated carbocycles. The Bertz CT molecular complexity index is 786. The monoisotopic (exact) mass is 376 g/mol. The molecule has 3 nitrogen and oxygen atoms in total. The molecule has 0 aliphatic heterocycles. The van der Waals surface area contributed by atoms with Crippen LogP contribution in [-0.4, -0.2) is 18.0 Å². The van der Waals surface area contributed by atoms with Crippen molar-refractivity contribution in [2.45, 2.75) is 51.6 Å². The van der Waals surface area contributed by atoms with Gasteiger partial charge in [-0.05, 0) is 73.9 Å². The lowest BCUT2D eigenvalue weighted by atomic mass is 9.91. The van der Waals surface area contributed by atoms with Crippen LogP contribution in [-0.2, 0) is 0 Å². The lowest BCUT2D eigenvalue weighted by Crippen LogP contribution is -2.40. The fourth-order valence-electron chi connectivity index (χ4n) is 3.33. The van der Waals surface area contributed by atoms with E-state index in [1.807, 2.05) is 32.0 Å². The van der Waals surface area contributed by atoms with Gasteiger partial charge in [0, 0.05) is 12.1 Å². The molecule has 2 aromatic rings. The lowest BCUT2D eigenvalue weighted by Gasteiger charge is -2.26. The quantitative estimate of drug-likeness (QED) is 0.826. The number of nitrogens with one attached hydrogen (secondary N) is 1. The van der Waals surface area contributed by atoms with Gasteiger partial charge < -0.3 is 11.1 Å². The minimum Gasteiger partial charge on any atom is -0.349 e. The Kier molecular flexibility index (Phi) is 6.79. The molecule has 0 unspecified atom stereocenters. The van der Waals surface area contributed by atoms with Gasteiger partial charge in [0.2, 0.25) is 0 Å². The smallest absolute Gasteiger partial charge is 0.254 e. The summed E-state index contributed by atoms with van der Waals surface area (Å²) >= 11 is 0. The largest absolute Gasteiger partial charge is 0.349 e. The molecule has 0 heterocycles. The Morgan fingerprint density at radius 1 is 1.00 bits per heavy atom. The molecule has 3 N–H and O–H groups in total. The maximum Gasteiger partial charge on any atom is 0.254 e. The molecule has 26 heavy (non-hydrogen) atoms. The predicted octanol–water partition coefficient (Wildman–Crippen LogP) is 4.53. The van der Waals surface area contributed by atoms with Crippen LogP contribution in [0, 0.1) is 19.7 Å². The summed E-state index contributed by atoms with van der Waals surface area (Å²) < 4.78 is 14.5. The highest BCUT2D eigenvalue weighted by molar-refractivity contribution is 5.95. The van der Waals surface area contributed by atoms with Gasteiger partial charge in [0.05, 0.1) is 5.56 Å². The number of halogens is 2. The molecular weight excluding hydrogens is 351 g/mol. The van der Waals surface area contributed by atoms with Crippen LogP contribution in [0.2, 0.25) is 0 Å². The van der Waals surface area contributed by atoms with Gasteiger partial charge in [-0.1, -0.05) is 24.3 Å². The Labute approximate surface area is 160 Å². The zero-order valence-corrected chi connectivity index (χ0v) is 16.0. The van der Waals surface area contributed by atoms with Crippen molar-refractivity contribution in [2.75, 3.05) is 0 Å². The first kappa shape index (κ1) is 20.4. The van der Waals surface area contributed by atoms with Gasteiger partial charge in [-0.2, -0.15) is 0 Å². The predicted molar refractivity (Wildman–Crippen MR) is 106 cm³/mol. The van der Waals surface area contributed by atoms with Crippen molar-refractivity contribution in [1.82, 2.24) is 5.32 Å². The Hall–Kier alpha value is -1.91. The molecule has 0 bridgehead atoms. The Morgan fingerprint density at radius 3 is 2.23 bits per heavy atom. The van der Waals surface area contributed by atoms with Gasteiger partial charge in [0.25, 0.3) is 5.91 Å². The summed E-state index contributed by atoms with van der Waals surface area (Å²) in [6.07, 6.45) is 3.52. The van der Waals surface area contributed by atoms with Crippen LogP contribution < -0.4 is 11.1 Å². The van der Waals surface area contributed by atoms with Gasteiger partial charge in [-0.25, -0.2) is 4.39 Å². The highest BCUT2D eigenvalue weighted by Crippen LogP contribution is 2.25. The van der Waals surface area contributed by atoms with Gasteiger partial charge in [0.1, 0.15) is 5.82 Å². The van der Waals surface area contributed by atoms with E-state index in [0.29, 0.717) is 0 Å².